The van der Waals surface area contributed by atoms with Crippen molar-refractivity contribution in [3.05, 3.63) is 35.9 Å². The molecule has 6 nitrogen and oxygen atoms in total. The molecule has 2 aliphatic carbocycles. The number of fused-ring (bicyclic) bond motifs is 2. The van der Waals surface area contributed by atoms with Crippen molar-refractivity contribution in [1.82, 2.24) is 15.1 Å². The van der Waals surface area contributed by atoms with Crippen LogP contribution in [0.3, 0.4) is 0 Å². The fourth-order valence-electron chi connectivity index (χ4n) is 5.09. The number of carbonyl (C=O) groups excluding carboxylic acids is 2. The molecule has 1 aromatic rings. The van der Waals surface area contributed by atoms with E-state index in [-0.39, 0.29) is 23.8 Å². The zero-order valence-electron chi connectivity index (χ0n) is 15.8. The third-order valence-electron chi connectivity index (χ3n) is 6.65. The molecule has 0 aromatic heterocycles. The van der Waals surface area contributed by atoms with Crippen molar-refractivity contribution in [2.24, 2.45) is 23.5 Å². The summed E-state index contributed by atoms with van der Waals surface area (Å²) in [7, 11) is 0. The molecule has 27 heavy (non-hydrogen) atoms. The number of hydrogen-bond acceptors (Lipinski definition) is 4. The summed E-state index contributed by atoms with van der Waals surface area (Å²) < 4.78 is 0. The second-order valence-corrected chi connectivity index (χ2v) is 8.30. The highest BCUT2D eigenvalue weighted by Crippen LogP contribution is 2.48. The molecule has 4 unspecified atom stereocenters. The molecule has 146 valence electrons. The van der Waals surface area contributed by atoms with Crippen LogP contribution in [0.15, 0.2) is 30.3 Å². The van der Waals surface area contributed by atoms with Gasteiger partial charge in [0.2, 0.25) is 11.8 Å². The molecule has 1 aliphatic heterocycles. The first-order chi connectivity index (χ1) is 13.1. The quantitative estimate of drug-likeness (QED) is 0.804. The minimum absolute atomic E-state index is 0.0319. The van der Waals surface area contributed by atoms with Crippen LogP contribution in [-0.4, -0.2) is 60.4 Å². The van der Waals surface area contributed by atoms with E-state index in [9.17, 15) is 9.59 Å². The summed E-state index contributed by atoms with van der Waals surface area (Å²) in [5.41, 5.74) is 7.44. The van der Waals surface area contributed by atoms with Crippen molar-refractivity contribution in [3.8, 4) is 0 Å². The Bertz CT molecular complexity index is 670. The maximum absolute atomic E-state index is 12.9. The van der Waals surface area contributed by atoms with Crippen LogP contribution in [0.4, 0.5) is 0 Å². The van der Waals surface area contributed by atoms with E-state index in [0.29, 0.717) is 38.0 Å². The molecule has 3 aliphatic rings. The smallest absolute Gasteiger partial charge is 0.234 e. The summed E-state index contributed by atoms with van der Waals surface area (Å²) in [5.74, 6) is 1.37. The fraction of sp³-hybridized carbons (Fsp3) is 0.619. The molecular formula is C21H30N4O2. The van der Waals surface area contributed by atoms with Crippen molar-refractivity contribution in [1.29, 1.82) is 0 Å². The molecule has 2 amide bonds. The minimum atomic E-state index is 0.0319. The number of rotatable bonds is 5. The average Bonchev–Trinajstić information content (AvgIpc) is 3.29. The zero-order valence-corrected chi connectivity index (χ0v) is 15.8. The van der Waals surface area contributed by atoms with Crippen molar-refractivity contribution in [2.75, 3.05) is 32.7 Å². The predicted molar refractivity (Wildman–Crippen MR) is 104 cm³/mol. The van der Waals surface area contributed by atoms with Gasteiger partial charge in [-0.25, -0.2) is 0 Å². The number of benzene rings is 1. The van der Waals surface area contributed by atoms with Gasteiger partial charge in [-0.15, -0.1) is 0 Å². The van der Waals surface area contributed by atoms with Gasteiger partial charge < -0.3 is 16.0 Å². The van der Waals surface area contributed by atoms with E-state index >= 15 is 0 Å². The van der Waals surface area contributed by atoms with Crippen molar-refractivity contribution in [2.45, 2.75) is 31.8 Å². The van der Waals surface area contributed by atoms with Crippen LogP contribution in [0.2, 0.25) is 0 Å². The molecule has 0 radical (unpaired) electrons. The SMILES string of the molecule is NC1C2CCC(C2)C1C(=O)N1CCN(CC(=O)NCc2ccccc2)CC1. The zero-order chi connectivity index (χ0) is 18.8. The lowest BCUT2D eigenvalue weighted by Crippen LogP contribution is -2.55. The van der Waals surface area contributed by atoms with Crippen LogP contribution in [0, 0.1) is 17.8 Å². The van der Waals surface area contributed by atoms with Crippen LogP contribution in [0.25, 0.3) is 0 Å². The lowest BCUT2D eigenvalue weighted by Gasteiger charge is -2.38. The number of hydrogen-bond donors (Lipinski definition) is 2. The predicted octanol–water partition coefficient (Wildman–Crippen LogP) is 0.820. The third kappa shape index (κ3) is 4.01. The Morgan fingerprint density at radius 1 is 1.04 bits per heavy atom. The molecule has 4 rings (SSSR count). The van der Waals surface area contributed by atoms with E-state index in [1.807, 2.05) is 35.2 Å². The summed E-state index contributed by atoms with van der Waals surface area (Å²) >= 11 is 0. The minimum Gasteiger partial charge on any atom is -0.351 e. The van der Waals surface area contributed by atoms with Gasteiger partial charge in [0, 0.05) is 38.8 Å². The van der Waals surface area contributed by atoms with Crippen molar-refractivity contribution >= 4 is 11.8 Å². The molecule has 0 spiro atoms. The first kappa shape index (κ1) is 18.4. The number of nitrogens with two attached hydrogens (primary N) is 1. The number of amides is 2. The molecule has 4 atom stereocenters. The van der Waals surface area contributed by atoms with Gasteiger partial charge in [-0.3, -0.25) is 14.5 Å². The highest BCUT2D eigenvalue weighted by molar-refractivity contribution is 5.81. The van der Waals surface area contributed by atoms with Gasteiger partial charge >= 0.3 is 0 Å². The van der Waals surface area contributed by atoms with Gasteiger partial charge in [0.25, 0.3) is 0 Å². The molecule has 3 fully saturated rings. The molecule has 2 saturated carbocycles. The van der Waals surface area contributed by atoms with Crippen molar-refractivity contribution in [3.63, 3.8) is 0 Å². The molecule has 6 heteroatoms. The molecular weight excluding hydrogens is 340 g/mol. The highest BCUT2D eigenvalue weighted by Gasteiger charge is 2.50. The molecule has 1 aromatic carbocycles. The normalized spacial score (nSPS) is 30.5. The Kier molecular flexibility index (Phi) is 5.45. The lowest BCUT2D eigenvalue weighted by atomic mass is 9.84. The average molecular weight is 370 g/mol. The van der Waals surface area contributed by atoms with Crippen LogP contribution in [-0.2, 0) is 16.1 Å². The second kappa shape index (κ2) is 7.98. The number of nitrogens with one attached hydrogen (secondary N) is 1. The Hall–Kier alpha value is -1.92. The van der Waals surface area contributed by atoms with Gasteiger partial charge in [0.05, 0.1) is 12.5 Å². The van der Waals surface area contributed by atoms with E-state index in [0.717, 1.165) is 31.5 Å². The summed E-state index contributed by atoms with van der Waals surface area (Å²) in [6.45, 7) is 3.85. The summed E-state index contributed by atoms with van der Waals surface area (Å²) in [5, 5.41) is 2.97. The summed E-state index contributed by atoms with van der Waals surface area (Å²) in [6, 6.07) is 9.98. The third-order valence-corrected chi connectivity index (χ3v) is 6.65. The first-order valence-corrected chi connectivity index (χ1v) is 10.2. The molecule has 3 N–H and O–H groups in total. The standard InChI is InChI=1S/C21H30N4O2/c22-20-17-7-6-16(12-17)19(20)21(27)25-10-8-24(9-11-25)14-18(26)23-13-15-4-2-1-3-5-15/h1-5,16-17,19-20H,6-14,22H2,(H,23,26). The maximum atomic E-state index is 12.9. The number of piperazine rings is 1. The van der Waals surface area contributed by atoms with Crippen LogP contribution >= 0.6 is 0 Å². The Balaban J connectivity index is 1.21. The van der Waals surface area contributed by atoms with Gasteiger partial charge in [0.1, 0.15) is 0 Å². The van der Waals surface area contributed by atoms with E-state index in [2.05, 4.69) is 10.2 Å². The topological polar surface area (TPSA) is 78.7 Å². The van der Waals surface area contributed by atoms with Gasteiger partial charge in [-0.05, 0) is 36.7 Å². The van der Waals surface area contributed by atoms with Crippen molar-refractivity contribution < 1.29 is 9.59 Å². The number of carbonyl (C=O) groups is 2. The van der Waals surface area contributed by atoms with Crippen LogP contribution in [0.5, 0.6) is 0 Å². The van der Waals surface area contributed by atoms with E-state index in [1.165, 1.54) is 6.42 Å². The van der Waals surface area contributed by atoms with Gasteiger partial charge in [-0.2, -0.15) is 0 Å². The fourth-order valence-corrected chi connectivity index (χ4v) is 5.09. The maximum Gasteiger partial charge on any atom is 0.234 e. The monoisotopic (exact) mass is 370 g/mol. The largest absolute Gasteiger partial charge is 0.351 e. The van der Waals surface area contributed by atoms with Crippen LogP contribution in [0.1, 0.15) is 24.8 Å². The highest BCUT2D eigenvalue weighted by atomic mass is 16.2. The van der Waals surface area contributed by atoms with Gasteiger partial charge in [-0.1, -0.05) is 30.3 Å². The Morgan fingerprint density at radius 3 is 2.41 bits per heavy atom. The summed E-state index contributed by atoms with van der Waals surface area (Å²) in [4.78, 5) is 29.2. The summed E-state index contributed by atoms with van der Waals surface area (Å²) in [6.07, 6.45) is 3.50. The van der Waals surface area contributed by atoms with Crippen LogP contribution < -0.4 is 11.1 Å². The van der Waals surface area contributed by atoms with Gasteiger partial charge in [0.15, 0.2) is 0 Å². The Morgan fingerprint density at radius 2 is 1.74 bits per heavy atom. The van der Waals surface area contributed by atoms with E-state index in [4.69, 9.17) is 5.73 Å². The second-order valence-electron chi connectivity index (χ2n) is 8.30. The molecule has 1 heterocycles. The molecule has 1 saturated heterocycles. The number of nitrogens with zero attached hydrogens (tertiary/aromatic N) is 2. The first-order valence-electron chi connectivity index (χ1n) is 10.2. The lowest BCUT2D eigenvalue weighted by molar-refractivity contribution is -0.139. The van der Waals surface area contributed by atoms with E-state index < -0.39 is 0 Å². The molecule has 2 bridgehead atoms. The van der Waals surface area contributed by atoms with E-state index in [1.54, 1.807) is 0 Å². The Labute approximate surface area is 161 Å².